The fourth-order valence-electron chi connectivity index (χ4n) is 1.66. The van der Waals surface area contributed by atoms with Crippen molar-refractivity contribution in [3.05, 3.63) is 0 Å². The van der Waals surface area contributed by atoms with Crippen molar-refractivity contribution in [2.75, 3.05) is 6.54 Å². The van der Waals surface area contributed by atoms with Crippen molar-refractivity contribution in [1.82, 2.24) is 4.90 Å². The number of nitrogens with zero attached hydrogens (tertiary/aromatic N) is 1. The molecule has 0 saturated heterocycles. The van der Waals surface area contributed by atoms with Crippen LogP contribution in [0.2, 0.25) is 0 Å². The molecule has 1 amide bonds. The molecule has 2 N–H and O–H groups in total. The summed E-state index contributed by atoms with van der Waals surface area (Å²) in [6, 6.07) is -0.299. The Bertz CT molecular complexity index is 315. The quantitative estimate of drug-likeness (QED) is 0.774. The molecule has 1 unspecified atom stereocenters. The molecule has 17 heavy (non-hydrogen) atoms. The van der Waals surface area contributed by atoms with Gasteiger partial charge in [0.25, 0.3) is 0 Å². The van der Waals surface area contributed by atoms with Crippen LogP contribution in [-0.4, -0.2) is 34.6 Å². The number of carbonyl (C=O) groups excluding carboxylic acids is 1. The smallest absolute Gasteiger partial charge is 0.393 e. The number of alkyl halides is 3. The van der Waals surface area contributed by atoms with E-state index in [9.17, 15) is 18.0 Å². The molecular formula is C10H15F3N2OS. The minimum Gasteiger partial charge on any atom is -0.393 e. The van der Waals surface area contributed by atoms with Crippen LogP contribution in [0.5, 0.6) is 0 Å². The van der Waals surface area contributed by atoms with E-state index in [0.717, 1.165) is 4.90 Å². The predicted molar refractivity (Wildman–Crippen MR) is 61.4 cm³/mol. The molecule has 1 saturated carbocycles. The number of halogens is 3. The summed E-state index contributed by atoms with van der Waals surface area (Å²) in [6.45, 7) is 0.468. The maximum absolute atomic E-state index is 12.4. The summed E-state index contributed by atoms with van der Waals surface area (Å²) in [4.78, 5) is 12.8. The van der Waals surface area contributed by atoms with Gasteiger partial charge in [-0.05, 0) is 19.3 Å². The molecule has 0 bridgehead atoms. The van der Waals surface area contributed by atoms with Crippen LogP contribution >= 0.6 is 12.2 Å². The minimum absolute atomic E-state index is 0.0367. The van der Waals surface area contributed by atoms with Crippen molar-refractivity contribution >= 4 is 23.1 Å². The van der Waals surface area contributed by atoms with Crippen molar-refractivity contribution < 1.29 is 18.0 Å². The Morgan fingerprint density at radius 2 is 2.06 bits per heavy atom. The lowest BCUT2D eigenvalue weighted by atomic mass is 10.0. The summed E-state index contributed by atoms with van der Waals surface area (Å²) >= 11 is 4.71. The first kappa shape index (κ1) is 14.2. The average Bonchev–Trinajstić information content (AvgIpc) is 2.96. The summed E-state index contributed by atoms with van der Waals surface area (Å²) in [5.41, 5.74) is 5.37. The number of thiocarbonyl (C=S) groups is 1. The standard InChI is InChI=1S/C10H15F3N2OS/c1-2-7(8(14)17)9(16)15(6-3-4-6)5-10(11,12)13/h6-7H,2-5H2,1H3,(H2,14,17). The summed E-state index contributed by atoms with van der Waals surface area (Å²) in [5, 5.41) is 0. The predicted octanol–water partition coefficient (Wildman–Crippen LogP) is 1.85. The molecule has 0 aliphatic heterocycles. The Labute approximate surface area is 103 Å². The maximum Gasteiger partial charge on any atom is 0.406 e. The van der Waals surface area contributed by atoms with Gasteiger partial charge in [0.1, 0.15) is 6.54 Å². The van der Waals surface area contributed by atoms with Gasteiger partial charge in [0.15, 0.2) is 0 Å². The van der Waals surface area contributed by atoms with E-state index in [-0.39, 0.29) is 11.0 Å². The van der Waals surface area contributed by atoms with Gasteiger partial charge in [0.05, 0.1) is 10.9 Å². The van der Waals surface area contributed by atoms with Gasteiger partial charge < -0.3 is 10.6 Å². The van der Waals surface area contributed by atoms with Crippen LogP contribution in [0.3, 0.4) is 0 Å². The van der Waals surface area contributed by atoms with Gasteiger partial charge in [0.2, 0.25) is 5.91 Å². The lowest BCUT2D eigenvalue weighted by molar-refractivity contribution is -0.163. The molecular weight excluding hydrogens is 253 g/mol. The number of carbonyl (C=O) groups is 1. The number of rotatable bonds is 5. The highest BCUT2D eigenvalue weighted by molar-refractivity contribution is 7.80. The SMILES string of the molecule is CCC(C(=O)N(CC(F)(F)F)C1CC1)C(N)=S. The molecule has 1 atom stereocenters. The second-order valence-corrected chi connectivity index (χ2v) is 4.65. The second-order valence-electron chi connectivity index (χ2n) is 4.18. The van der Waals surface area contributed by atoms with E-state index in [2.05, 4.69) is 0 Å². The Balaban J connectivity index is 2.76. The molecule has 3 nitrogen and oxygen atoms in total. The number of hydrogen-bond acceptors (Lipinski definition) is 2. The van der Waals surface area contributed by atoms with E-state index < -0.39 is 24.5 Å². The molecule has 0 aromatic carbocycles. The van der Waals surface area contributed by atoms with Gasteiger partial charge in [-0.25, -0.2) is 0 Å². The molecule has 0 aromatic rings. The average molecular weight is 268 g/mol. The van der Waals surface area contributed by atoms with Crippen LogP contribution in [0.4, 0.5) is 13.2 Å². The van der Waals surface area contributed by atoms with Gasteiger partial charge in [-0.15, -0.1) is 0 Å². The van der Waals surface area contributed by atoms with Crippen molar-refractivity contribution in [3.63, 3.8) is 0 Å². The monoisotopic (exact) mass is 268 g/mol. The zero-order valence-corrected chi connectivity index (χ0v) is 10.3. The molecule has 1 aliphatic rings. The normalized spacial score (nSPS) is 17.6. The molecule has 98 valence electrons. The van der Waals surface area contributed by atoms with E-state index in [1.807, 2.05) is 0 Å². The lowest BCUT2D eigenvalue weighted by Gasteiger charge is -2.27. The van der Waals surface area contributed by atoms with Crippen molar-refractivity contribution in [1.29, 1.82) is 0 Å². The maximum atomic E-state index is 12.4. The Morgan fingerprint density at radius 1 is 1.53 bits per heavy atom. The highest BCUT2D eigenvalue weighted by atomic mass is 32.1. The molecule has 0 heterocycles. The third kappa shape index (κ3) is 4.14. The van der Waals surface area contributed by atoms with Crippen LogP contribution in [0.25, 0.3) is 0 Å². The van der Waals surface area contributed by atoms with Gasteiger partial charge in [0, 0.05) is 6.04 Å². The van der Waals surface area contributed by atoms with Gasteiger partial charge >= 0.3 is 6.18 Å². The first-order valence-corrected chi connectivity index (χ1v) is 5.83. The van der Waals surface area contributed by atoms with E-state index in [0.29, 0.717) is 19.3 Å². The van der Waals surface area contributed by atoms with Gasteiger partial charge in [-0.1, -0.05) is 19.1 Å². The van der Waals surface area contributed by atoms with E-state index in [1.54, 1.807) is 6.92 Å². The second kappa shape index (κ2) is 5.20. The van der Waals surface area contributed by atoms with Crippen molar-refractivity contribution in [2.45, 2.75) is 38.4 Å². The lowest BCUT2D eigenvalue weighted by Crippen LogP contribution is -2.46. The van der Waals surface area contributed by atoms with Gasteiger partial charge in [-0.3, -0.25) is 4.79 Å². The highest BCUT2D eigenvalue weighted by Gasteiger charge is 2.42. The summed E-state index contributed by atoms with van der Waals surface area (Å²) in [6.07, 6.45) is -2.81. The van der Waals surface area contributed by atoms with Crippen molar-refractivity contribution in [3.8, 4) is 0 Å². The molecule has 1 aliphatic carbocycles. The third-order valence-electron chi connectivity index (χ3n) is 2.67. The third-order valence-corrected chi connectivity index (χ3v) is 2.95. The number of amides is 1. The largest absolute Gasteiger partial charge is 0.406 e. The van der Waals surface area contributed by atoms with Crippen LogP contribution in [0, 0.1) is 5.92 Å². The fraction of sp³-hybridized carbons (Fsp3) is 0.800. The van der Waals surface area contributed by atoms with Crippen LogP contribution in [0.1, 0.15) is 26.2 Å². The topological polar surface area (TPSA) is 46.3 Å². The summed E-state index contributed by atoms with van der Waals surface area (Å²) in [5.74, 6) is -1.38. The molecule has 0 aromatic heterocycles. The molecule has 7 heteroatoms. The Hall–Kier alpha value is -0.850. The fourth-order valence-corrected chi connectivity index (χ4v) is 1.93. The molecule has 0 spiro atoms. The Morgan fingerprint density at radius 3 is 2.35 bits per heavy atom. The molecule has 1 rings (SSSR count). The van der Waals surface area contributed by atoms with Gasteiger partial charge in [-0.2, -0.15) is 13.2 Å². The van der Waals surface area contributed by atoms with E-state index >= 15 is 0 Å². The summed E-state index contributed by atoms with van der Waals surface area (Å²) < 4.78 is 37.1. The van der Waals surface area contributed by atoms with E-state index in [4.69, 9.17) is 18.0 Å². The zero-order chi connectivity index (χ0) is 13.2. The summed E-state index contributed by atoms with van der Waals surface area (Å²) in [7, 11) is 0. The van der Waals surface area contributed by atoms with Crippen LogP contribution in [0.15, 0.2) is 0 Å². The highest BCUT2D eigenvalue weighted by Crippen LogP contribution is 2.31. The number of hydrogen-bond donors (Lipinski definition) is 1. The molecule has 1 fully saturated rings. The zero-order valence-electron chi connectivity index (χ0n) is 9.46. The first-order valence-electron chi connectivity index (χ1n) is 5.42. The minimum atomic E-state index is -4.38. The Kier molecular flexibility index (Phi) is 4.35. The van der Waals surface area contributed by atoms with Crippen LogP contribution in [-0.2, 0) is 4.79 Å². The molecule has 0 radical (unpaired) electrons. The van der Waals surface area contributed by atoms with E-state index in [1.165, 1.54) is 0 Å². The first-order chi connectivity index (χ1) is 7.76. The van der Waals surface area contributed by atoms with Crippen LogP contribution < -0.4 is 5.73 Å². The van der Waals surface area contributed by atoms with Crippen molar-refractivity contribution in [2.24, 2.45) is 11.7 Å². The number of nitrogens with two attached hydrogens (primary N) is 1.